The topological polar surface area (TPSA) is 21.3 Å². The molecule has 2 rings (SSSR count). The summed E-state index contributed by atoms with van der Waals surface area (Å²) in [4.78, 5) is 0. The minimum atomic E-state index is 0.0817. The second kappa shape index (κ2) is 5.75. The summed E-state index contributed by atoms with van der Waals surface area (Å²) >= 11 is 0. The molecule has 102 valence electrons. The lowest BCUT2D eigenvalue weighted by Gasteiger charge is -2.41. The third-order valence-corrected chi connectivity index (χ3v) is 3.85. The first-order valence-corrected chi connectivity index (χ1v) is 6.83. The Balaban J connectivity index is 0.000000771. The summed E-state index contributed by atoms with van der Waals surface area (Å²) in [5.74, 6) is 0. The summed E-state index contributed by atoms with van der Waals surface area (Å²) < 4.78 is 5.47. The molecule has 1 atom stereocenters. The lowest BCUT2D eigenvalue weighted by Crippen LogP contribution is -2.45. The lowest BCUT2D eigenvalue weighted by molar-refractivity contribution is 0.0696. The Bertz CT molecular complexity index is 377. The van der Waals surface area contributed by atoms with E-state index >= 15 is 0 Å². The second-order valence-electron chi connectivity index (χ2n) is 5.66. The first-order chi connectivity index (χ1) is 8.51. The van der Waals surface area contributed by atoms with E-state index in [4.69, 9.17) is 4.74 Å². The van der Waals surface area contributed by atoms with Gasteiger partial charge in [0.25, 0.3) is 0 Å². The zero-order chi connectivity index (χ0) is 13.8. The van der Waals surface area contributed by atoms with E-state index in [0.717, 1.165) is 13.2 Å². The first kappa shape index (κ1) is 15.0. The van der Waals surface area contributed by atoms with Crippen LogP contribution < -0.4 is 5.32 Å². The van der Waals surface area contributed by atoms with Crippen LogP contribution in [-0.2, 0) is 10.2 Å². The van der Waals surface area contributed by atoms with Crippen LogP contribution in [0, 0.1) is 5.41 Å². The highest BCUT2D eigenvalue weighted by Crippen LogP contribution is 2.48. The number of anilines is 1. The number of fused-ring (bicyclic) bond motifs is 1. The van der Waals surface area contributed by atoms with Gasteiger partial charge in [0.2, 0.25) is 0 Å². The molecule has 0 fully saturated rings. The van der Waals surface area contributed by atoms with E-state index in [1.807, 2.05) is 13.8 Å². The van der Waals surface area contributed by atoms with Crippen molar-refractivity contribution in [1.29, 1.82) is 0 Å². The van der Waals surface area contributed by atoms with Crippen molar-refractivity contribution in [2.24, 2.45) is 5.41 Å². The van der Waals surface area contributed by atoms with E-state index in [-0.39, 0.29) is 10.8 Å². The van der Waals surface area contributed by atoms with Gasteiger partial charge in [-0.25, -0.2) is 0 Å². The van der Waals surface area contributed by atoms with E-state index in [0.29, 0.717) is 0 Å². The molecule has 0 bridgehead atoms. The number of hydrogen-bond acceptors (Lipinski definition) is 2. The Labute approximate surface area is 112 Å². The van der Waals surface area contributed by atoms with Gasteiger partial charge in [0.15, 0.2) is 0 Å². The fraction of sp³-hybridized carbons (Fsp3) is 0.625. The van der Waals surface area contributed by atoms with Crippen molar-refractivity contribution < 1.29 is 4.74 Å². The average Bonchev–Trinajstić information content (AvgIpc) is 2.73. The molecule has 0 spiro atoms. The van der Waals surface area contributed by atoms with Crippen LogP contribution in [0.25, 0.3) is 0 Å². The molecule has 18 heavy (non-hydrogen) atoms. The molecule has 2 nitrogen and oxygen atoms in total. The first-order valence-electron chi connectivity index (χ1n) is 6.83. The van der Waals surface area contributed by atoms with Crippen molar-refractivity contribution in [3.8, 4) is 0 Å². The highest BCUT2D eigenvalue weighted by atomic mass is 16.5. The molecule has 0 saturated carbocycles. The van der Waals surface area contributed by atoms with Crippen LogP contribution in [0.15, 0.2) is 24.3 Å². The van der Waals surface area contributed by atoms with Gasteiger partial charge in [0.1, 0.15) is 0 Å². The number of para-hydroxylation sites is 1. The molecular formula is C16H27NO. The number of hydrogen-bond donors (Lipinski definition) is 1. The van der Waals surface area contributed by atoms with E-state index < -0.39 is 0 Å². The quantitative estimate of drug-likeness (QED) is 0.853. The van der Waals surface area contributed by atoms with Crippen LogP contribution in [0.4, 0.5) is 5.69 Å². The van der Waals surface area contributed by atoms with E-state index in [1.54, 1.807) is 7.11 Å². The summed E-state index contributed by atoms with van der Waals surface area (Å²) in [6.45, 7) is 12.6. The van der Waals surface area contributed by atoms with Gasteiger partial charge in [-0.2, -0.15) is 0 Å². The van der Waals surface area contributed by atoms with Crippen molar-refractivity contribution in [3.63, 3.8) is 0 Å². The monoisotopic (exact) mass is 249 g/mol. The predicted octanol–water partition coefficient (Wildman–Crippen LogP) is 4.07. The number of rotatable bonds is 2. The fourth-order valence-electron chi connectivity index (χ4n) is 2.66. The highest BCUT2D eigenvalue weighted by Gasteiger charge is 2.47. The molecule has 1 unspecified atom stereocenters. The maximum atomic E-state index is 5.47. The van der Waals surface area contributed by atoms with Crippen LogP contribution in [0.5, 0.6) is 0 Å². The van der Waals surface area contributed by atoms with Crippen LogP contribution in [0.1, 0.15) is 40.2 Å². The van der Waals surface area contributed by atoms with Crippen molar-refractivity contribution >= 4 is 5.69 Å². The summed E-state index contributed by atoms with van der Waals surface area (Å²) in [5.41, 5.74) is 2.92. The van der Waals surface area contributed by atoms with Crippen molar-refractivity contribution in [3.05, 3.63) is 29.8 Å². The molecule has 1 aromatic carbocycles. The largest absolute Gasteiger partial charge is 0.384 e. The van der Waals surface area contributed by atoms with Crippen LogP contribution >= 0.6 is 0 Å². The Morgan fingerprint density at radius 2 is 1.83 bits per heavy atom. The maximum absolute atomic E-state index is 5.47. The van der Waals surface area contributed by atoms with E-state index in [9.17, 15) is 0 Å². The number of methoxy groups -OCH3 is 1. The summed E-state index contributed by atoms with van der Waals surface area (Å²) in [6, 6.07) is 8.57. The fourth-order valence-corrected chi connectivity index (χ4v) is 2.66. The molecule has 2 heteroatoms. The van der Waals surface area contributed by atoms with Gasteiger partial charge < -0.3 is 10.1 Å². The lowest BCUT2D eigenvalue weighted by atomic mass is 9.64. The second-order valence-corrected chi connectivity index (χ2v) is 5.66. The maximum Gasteiger partial charge on any atom is 0.0582 e. The summed E-state index contributed by atoms with van der Waals surface area (Å²) in [6.07, 6.45) is 0. The molecule has 0 aliphatic carbocycles. The van der Waals surface area contributed by atoms with Gasteiger partial charge >= 0.3 is 0 Å². The minimum Gasteiger partial charge on any atom is -0.384 e. The molecule has 0 saturated heterocycles. The summed E-state index contributed by atoms with van der Waals surface area (Å²) in [7, 11) is 1.79. The van der Waals surface area contributed by atoms with Crippen molar-refractivity contribution in [1.82, 2.24) is 0 Å². The van der Waals surface area contributed by atoms with Crippen molar-refractivity contribution in [2.45, 2.75) is 40.0 Å². The smallest absolute Gasteiger partial charge is 0.0582 e. The van der Waals surface area contributed by atoms with E-state index in [1.165, 1.54) is 11.3 Å². The molecule has 1 aliphatic rings. The zero-order valence-corrected chi connectivity index (χ0v) is 12.6. The average molecular weight is 249 g/mol. The van der Waals surface area contributed by atoms with E-state index in [2.05, 4.69) is 50.4 Å². The van der Waals surface area contributed by atoms with Gasteiger partial charge in [-0.05, 0) is 17.0 Å². The van der Waals surface area contributed by atoms with Gasteiger partial charge in [-0.1, -0.05) is 52.8 Å². The third kappa shape index (κ3) is 2.39. The SMILES string of the molecule is CC.COCC1(C(C)(C)C)CNc2ccccc21. The normalized spacial score (nSPS) is 21.7. The molecule has 0 amide bonds. The van der Waals surface area contributed by atoms with Gasteiger partial charge in [-0.3, -0.25) is 0 Å². The molecule has 1 N–H and O–H groups in total. The Morgan fingerprint density at radius 1 is 1.22 bits per heavy atom. The third-order valence-electron chi connectivity index (χ3n) is 3.85. The van der Waals surface area contributed by atoms with Gasteiger partial charge in [0, 0.05) is 24.8 Å². The molecule has 1 aliphatic heterocycles. The van der Waals surface area contributed by atoms with Crippen molar-refractivity contribution in [2.75, 3.05) is 25.6 Å². The minimum absolute atomic E-state index is 0.0817. The Hall–Kier alpha value is -1.02. The Kier molecular flexibility index (Phi) is 4.80. The van der Waals surface area contributed by atoms with Crippen LogP contribution in [-0.4, -0.2) is 20.3 Å². The predicted molar refractivity (Wildman–Crippen MR) is 79.3 cm³/mol. The molecule has 0 radical (unpaired) electrons. The molecule has 1 heterocycles. The number of ether oxygens (including phenoxy) is 1. The zero-order valence-electron chi connectivity index (χ0n) is 12.6. The van der Waals surface area contributed by atoms with Crippen LogP contribution in [0.2, 0.25) is 0 Å². The van der Waals surface area contributed by atoms with Gasteiger partial charge in [0.05, 0.1) is 6.61 Å². The Morgan fingerprint density at radius 3 is 2.39 bits per heavy atom. The van der Waals surface area contributed by atoms with Crippen LogP contribution in [0.3, 0.4) is 0 Å². The number of nitrogens with one attached hydrogen (secondary N) is 1. The highest BCUT2D eigenvalue weighted by molar-refractivity contribution is 5.61. The number of benzene rings is 1. The molecular weight excluding hydrogens is 222 g/mol. The molecule has 1 aromatic rings. The standard InChI is InChI=1S/C14H21NO.C2H6/c1-13(2,3)14(10-16-4)9-15-12-8-6-5-7-11(12)14;1-2/h5-8,15H,9-10H2,1-4H3;1-2H3. The van der Waals surface area contributed by atoms with Gasteiger partial charge in [-0.15, -0.1) is 0 Å². The summed E-state index contributed by atoms with van der Waals surface area (Å²) in [5, 5.41) is 3.50. The molecule has 0 aromatic heterocycles.